The summed E-state index contributed by atoms with van der Waals surface area (Å²) in [4.78, 5) is 83.4. The van der Waals surface area contributed by atoms with E-state index >= 15 is 0 Å². The van der Waals surface area contributed by atoms with E-state index in [-0.39, 0.29) is 19.0 Å². The van der Waals surface area contributed by atoms with Crippen molar-refractivity contribution in [2.24, 2.45) is 22.7 Å². The van der Waals surface area contributed by atoms with Crippen molar-refractivity contribution < 1.29 is 79.3 Å². The fourth-order valence-electron chi connectivity index (χ4n) is 4.90. The van der Waals surface area contributed by atoms with Gasteiger partial charge in [0.05, 0.1) is 19.3 Å². The summed E-state index contributed by atoms with van der Waals surface area (Å²) < 4.78 is 0. The van der Waals surface area contributed by atoms with Gasteiger partial charge in [-0.3, -0.25) is 0 Å². The number of rotatable bonds is 23. The molecule has 0 aromatic heterocycles. The Morgan fingerprint density at radius 3 is 1.61 bits per heavy atom. The molecule has 0 rings (SSSR count). The SMILES string of the molecule is CC(=CC(O)C(C=C(C)C(=O)O)(C(=O)ONCC(C)(C)CC(C)CCNOC(=O)C(CO)CO)C(O)(C=C(C)C(=O)O)C=C(C)C(=O)O)C(=O)O. The normalized spacial score (nSPS) is 16.8. The minimum absolute atomic E-state index is 0.0419. The summed E-state index contributed by atoms with van der Waals surface area (Å²) in [6.45, 7) is 8.23. The second-order valence-electron chi connectivity index (χ2n) is 13.0. The van der Waals surface area contributed by atoms with Gasteiger partial charge in [-0.25, -0.2) is 28.8 Å². The number of carbonyl (C=O) groups is 6. The largest absolute Gasteiger partial charge is 0.478 e. The van der Waals surface area contributed by atoms with Crippen molar-refractivity contribution in [3.63, 3.8) is 0 Å². The van der Waals surface area contributed by atoms with E-state index in [0.717, 1.165) is 27.7 Å². The Kier molecular flexibility index (Phi) is 18.6. The molecule has 0 fully saturated rings. The number of hydrogen-bond donors (Lipinski definition) is 10. The predicted octanol–water partition coefficient (Wildman–Crippen LogP) is 0.327. The number of carbonyl (C=O) groups excluding carboxylic acids is 2. The van der Waals surface area contributed by atoms with Gasteiger partial charge in [0.25, 0.3) is 0 Å². The molecule has 0 radical (unpaired) electrons. The lowest BCUT2D eigenvalue weighted by Gasteiger charge is -2.43. The van der Waals surface area contributed by atoms with Gasteiger partial charge in [0.15, 0.2) is 5.41 Å². The lowest BCUT2D eigenvalue weighted by Crippen LogP contribution is -2.59. The number of hydroxylamine groups is 2. The smallest absolute Gasteiger partial charge is 0.341 e. The maximum Gasteiger partial charge on any atom is 0.341 e. The van der Waals surface area contributed by atoms with Crippen LogP contribution >= 0.6 is 0 Å². The Hall–Kier alpha value is -4.46. The molecule has 51 heavy (non-hydrogen) atoms. The van der Waals surface area contributed by atoms with Crippen LogP contribution in [0.25, 0.3) is 0 Å². The molecule has 18 nitrogen and oxygen atoms in total. The summed E-state index contributed by atoms with van der Waals surface area (Å²) in [7, 11) is 0. The van der Waals surface area contributed by atoms with Gasteiger partial charge in [0.1, 0.15) is 11.5 Å². The van der Waals surface area contributed by atoms with Crippen molar-refractivity contribution in [1.82, 2.24) is 11.0 Å². The van der Waals surface area contributed by atoms with E-state index < -0.39 is 99.8 Å². The summed E-state index contributed by atoms with van der Waals surface area (Å²) in [6.07, 6.45) is 0.583. The van der Waals surface area contributed by atoms with Crippen LogP contribution in [0.5, 0.6) is 0 Å². The number of aliphatic hydroxyl groups excluding tert-OH is 3. The average molecular weight is 731 g/mol. The third-order valence-electron chi connectivity index (χ3n) is 7.84. The second kappa shape index (κ2) is 20.4. The van der Waals surface area contributed by atoms with Crippen molar-refractivity contribution in [3.05, 3.63) is 46.6 Å². The molecule has 0 aliphatic heterocycles. The fourth-order valence-corrected chi connectivity index (χ4v) is 4.90. The number of hydrogen-bond acceptors (Lipinski definition) is 14. The number of nitrogens with one attached hydrogen (secondary N) is 2. The predicted molar refractivity (Wildman–Crippen MR) is 177 cm³/mol. The van der Waals surface area contributed by atoms with Crippen molar-refractivity contribution in [2.75, 3.05) is 26.3 Å². The van der Waals surface area contributed by atoms with Crippen molar-refractivity contribution >= 4 is 35.8 Å². The zero-order valence-electron chi connectivity index (χ0n) is 29.6. The molecule has 0 bridgehead atoms. The van der Waals surface area contributed by atoms with Crippen LogP contribution in [-0.4, -0.2) is 115 Å². The maximum absolute atomic E-state index is 14.1. The summed E-state index contributed by atoms with van der Waals surface area (Å²) in [6, 6.07) is 0. The van der Waals surface area contributed by atoms with Crippen LogP contribution in [0.4, 0.5) is 0 Å². The molecule has 288 valence electrons. The quantitative estimate of drug-likeness (QED) is 0.0385. The van der Waals surface area contributed by atoms with Gasteiger partial charge in [-0.2, -0.15) is 11.0 Å². The molecule has 10 N–H and O–H groups in total. The van der Waals surface area contributed by atoms with Crippen LogP contribution in [-0.2, 0) is 38.4 Å². The summed E-state index contributed by atoms with van der Waals surface area (Å²) in [5.74, 6) is -10.2. The molecule has 0 aromatic rings. The Morgan fingerprint density at radius 2 is 1.18 bits per heavy atom. The molecular formula is C33H50N2O16. The first-order valence-electron chi connectivity index (χ1n) is 15.6. The van der Waals surface area contributed by atoms with E-state index in [2.05, 4.69) is 11.0 Å². The molecule has 0 heterocycles. The van der Waals surface area contributed by atoms with E-state index in [9.17, 15) is 59.4 Å². The van der Waals surface area contributed by atoms with Crippen LogP contribution in [0.1, 0.15) is 61.3 Å². The Morgan fingerprint density at radius 1 is 0.725 bits per heavy atom. The van der Waals surface area contributed by atoms with Gasteiger partial charge < -0.3 is 50.5 Å². The summed E-state index contributed by atoms with van der Waals surface area (Å²) in [5, 5.41) is 80.2. The second-order valence-corrected chi connectivity index (χ2v) is 13.0. The Labute approximate surface area is 294 Å². The van der Waals surface area contributed by atoms with E-state index in [4.69, 9.17) is 19.9 Å². The lowest BCUT2D eigenvalue weighted by atomic mass is 9.65. The van der Waals surface area contributed by atoms with Crippen LogP contribution < -0.4 is 11.0 Å². The summed E-state index contributed by atoms with van der Waals surface area (Å²) >= 11 is 0. The summed E-state index contributed by atoms with van der Waals surface area (Å²) in [5.41, 5.74) is -4.75. The van der Waals surface area contributed by atoms with Gasteiger partial charge in [0.2, 0.25) is 0 Å². The minimum Gasteiger partial charge on any atom is -0.478 e. The molecule has 0 amide bonds. The van der Waals surface area contributed by atoms with E-state index in [1.54, 1.807) is 13.8 Å². The highest BCUT2D eigenvalue weighted by Gasteiger charge is 2.59. The lowest BCUT2D eigenvalue weighted by molar-refractivity contribution is -0.178. The van der Waals surface area contributed by atoms with Crippen molar-refractivity contribution in [2.45, 2.75) is 73.0 Å². The highest BCUT2D eigenvalue weighted by molar-refractivity contribution is 5.93. The van der Waals surface area contributed by atoms with E-state index in [1.165, 1.54) is 0 Å². The molecule has 18 heteroatoms. The molecule has 0 aliphatic carbocycles. The van der Waals surface area contributed by atoms with Gasteiger partial charge in [0, 0.05) is 35.4 Å². The molecule has 0 aliphatic rings. The topological polar surface area (TPSA) is 307 Å². The van der Waals surface area contributed by atoms with Gasteiger partial charge in [-0.15, -0.1) is 0 Å². The van der Waals surface area contributed by atoms with Crippen molar-refractivity contribution in [1.29, 1.82) is 0 Å². The minimum atomic E-state index is -3.18. The molecule has 0 aromatic carbocycles. The Bertz CT molecular complexity index is 1380. The fraction of sp³-hybridized carbons (Fsp3) is 0.576. The number of carboxylic acid groups (broad SMARTS) is 4. The number of aliphatic carboxylic acids is 4. The average Bonchev–Trinajstić information content (AvgIpc) is 3.01. The zero-order chi connectivity index (χ0) is 39.9. The van der Waals surface area contributed by atoms with Crippen LogP contribution in [0.2, 0.25) is 0 Å². The van der Waals surface area contributed by atoms with Crippen molar-refractivity contribution in [3.8, 4) is 0 Å². The van der Waals surface area contributed by atoms with E-state index in [1.807, 2.05) is 6.92 Å². The highest BCUT2D eigenvalue weighted by atomic mass is 16.7. The monoisotopic (exact) mass is 730 g/mol. The highest BCUT2D eigenvalue weighted by Crippen LogP contribution is 2.44. The van der Waals surface area contributed by atoms with E-state index in [0.29, 0.717) is 37.1 Å². The number of aliphatic hydroxyl groups is 4. The molecular weight excluding hydrogens is 680 g/mol. The van der Waals surface area contributed by atoms with Gasteiger partial charge >= 0.3 is 35.8 Å². The van der Waals surface area contributed by atoms with Crippen LogP contribution in [0.15, 0.2) is 46.6 Å². The van der Waals surface area contributed by atoms with Crippen LogP contribution in [0.3, 0.4) is 0 Å². The Balaban J connectivity index is 6.83. The molecule has 3 unspecified atom stereocenters. The molecule has 0 spiro atoms. The first-order chi connectivity index (χ1) is 23.4. The van der Waals surface area contributed by atoms with Gasteiger partial charge in [-0.05, 0) is 70.1 Å². The zero-order valence-corrected chi connectivity index (χ0v) is 29.6. The number of carboxylic acids is 4. The van der Waals surface area contributed by atoms with Crippen LogP contribution in [0, 0.1) is 22.7 Å². The first-order valence-corrected chi connectivity index (χ1v) is 15.6. The molecule has 0 saturated carbocycles. The molecule has 3 atom stereocenters. The molecule has 0 saturated heterocycles. The maximum atomic E-state index is 14.1. The third kappa shape index (κ3) is 14.0. The van der Waals surface area contributed by atoms with Gasteiger partial charge in [-0.1, -0.05) is 26.8 Å². The standard InChI is InChI=1S/C33H50N2O16/c1-18(8-9-34-50-29(47)23(15-36)16-37)11-31(6,7)17-35-51-30(48)33(14-22(5)28(45)46,24(38)10-19(2)25(39)40)32(49,12-20(3)26(41)42)13-21(4)27(43)44/h10,12-14,18,23-24,34-38,49H,8-9,11,15-17H2,1-7H3,(H,39,40)(H,41,42)(H,43,44)(H,45,46). The third-order valence-corrected chi connectivity index (χ3v) is 7.84. The first kappa shape index (κ1) is 46.5.